The normalized spacial score (nSPS) is 11.7. The number of hydrogen-bond acceptors (Lipinski definition) is 1. The molecule has 0 aliphatic heterocycles. The predicted octanol–water partition coefficient (Wildman–Crippen LogP) is 3.95. The van der Waals surface area contributed by atoms with Crippen LogP contribution in [-0.4, -0.2) is 5.91 Å². The largest absolute Gasteiger partial charge is 0.416 e. The highest BCUT2D eigenvalue weighted by Gasteiger charge is 2.31. The van der Waals surface area contributed by atoms with E-state index in [4.69, 9.17) is 11.6 Å². The van der Waals surface area contributed by atoms with E-state index in [9.17, 15) is 18.0 Å². The number of rotatable bonds is 2. The van der Waals surface area contributed by atoms with Gasteiger partial charge < -0.3 is 5.32 Å². The van der Waals surface area contributed by atoms with Crippen LogP contribution in [0.2, 0.25) is 5.02 Å². The van der Waals surface area contributed by atoms with Gasteiger partial charge in [0.05, 0.1) is 16.3 Å². The summed E-state index contributed by atoms with van der Waals surface area (Å²) >= 11 is 5.71. The number of amides is 1. The molecule has 0 bridgehead atoms. The molecule has 0 spiro atoms. The Morgan fingerprint density at radius 3 is 2.41 bits per heavy atom. The van der Waals surface area contributed by atoms with Crippen LogP contribution in [0, 0.1) is 5.92 Å². The monoisotopic (exact) mass is 265 g/mol. The number of nitrogens with one attached hydrogen (secondary N) is 1. The lowest BCUT2D eigenvalue weighted by Crippen LogP contribution is -2.18. The van der Waals surface area contributed by atoms with Gasteiger partial charge in [-0.1, -0.05) is 25.4 Å². The van der Waals surface area contributed by atoms with Gasteiger partial charge in [-0.05, 0) is 18.2 Å². The minimum atomic E-state index is -4.46. The van der Waals surface area contributed by atoms with E-state index in [2.05, 4.69) is 5.32 Å². The van der Waals surface area contributed by atoms with Gasteiger partial charge in [-0.3, -0.25) is 4.79 Å². The van der Waals surface area contributed by atoms with Crippen molar-refractivity contribution in [3.63, 3.8) is 0 Å². The first-order valence-corrected chi connectivity index (χ1v) is 5.27. The van der Waals surface area contributed by atoms with Gasteiger partial charge in [0.25, 0.3) is 0 Å². The molecule has 0 aliphatic carbocycles. The van der Waals surface area contributed by atoms with E-state index >= 15 is 0 Å². The molecule has 2 nitrogen and oxygen atoms in total. The molecule has 17 heavy (non-hydrogen) atoms. The highest BCUT2D eigenvalue weighted by Crippen LogP contribution is 2.33. The molecule has 0 aromatic heterocycles. The van der Waals surface area contributed by atoms with E-state index in [0.717, 1.165) is 18.2 Å². The fourth-order valence-electron chi connectivity index (χ4n) is 1.07. The molecule has 0 saturated heterocycles. The number of carbonyl (C=O) groups is 1. The van der Waals surface area contributed by atoms with Crippen LogP contribution in [0.4, 0.5) is 18.9 Å². The first-order valence-electron chi connectivity index (χ1n) is 4.89. The lowest BCUT2D eigenvalue weighted by molar-refractivity contribution is -0.137. The molecule has 1 rings (SSSR count). The molecule has 1 N–H and O–H groups in total. The highest BCUT2D eigenvalue weighted by atomic mass is 35.5. The average molecular weight is 266 g/mol. The van der Waals surface area contributed by atoms with E-state index in [-0.39, 0.29) is 22.5 Å². The summed E-state index contributed by atoms with van der Waals surface area (Å²) in [4.78, 5) is 11.4. The lowest BCUT2D eigenvalue weighted by atomic mass is 10.1. The molecular weight excluding hydrogens is 255 g/mol. The Hall–Kier alpha value is -1.23. The third-order valence-corrected chi connectivity index (χ3v) is 2.41. The zero-order valence-electron chi connectivity index (χ0n) is 9.23. The minimum Gasteiger partial charge on any atom is -0.325 e. The van der Waals surface area contributed by atoms with Crippen LogP contribution in [0.25, 0.3) is 0 Å². The first-order chi connectivity index (χ1) is 7.71. The topological polar surface area (TPSA) is 29.1 Å². The minimum absolute atomic E-state index is 0.0276. The van der Waals surface area contributed by atoms with Crippen LogP contribution in [0.15, 0.2) is 18.2 Å². The summed E-state index contributed by atoms with van der Waals surface area (Å²) in [5, 5.41) is 2.43. The summed E-state index contributed by atoms with van der Waals surface area (Å²) in [6.45, 7) is 3.27. The van der Waals surface area contributed by atoms with Gasteiger partial charge in [0.2, 0.25) is 5.91 Å². The van der Waals surface area contributed by atoms with Crippen molar-refractivity contribution in [1.29, 1.82) is 0 Å². The van der Waals surface area contributed by atoms with Gasteiger partial charge in [0, 0.05) is 5.92 Å². The van der Waals surface area contributed by atoms with Crippen LogP contribution in [0.5, 0.6) is 0 Å². The van der Waals surface area contributed by atoms with Crippen LogP contribution in [0.1, 0.15) is 19.4 Å². The van der Waals surface area contributed by atoms with Gasteiger partial charge in [-0.15, -0.1) is 0 Å². The number of carbonyl (C=O) groups excluding carboxylic acids is 1. The maximum atomic E-state index is 12.4. The standard InChI is InChI=1S/C11H11ClF3NO/c1-6(2)10(17)16-9-5-7(11(13,14)15)3-4-8(9)12/h3-6H,1-2H3,(H,16,17). The number of anilines is 1. The van der Waals surface area contributed by atoms with Crippen molar-refractivity contribution in [3.05, 3.63) is 28.8 Å². The highest BCUT2D eigenvalue weighted by molar-refractivity contribution is 6.33. The van der Waals surface area contributed by atoms with Gasteiger partial charge in [0.1, 0.15) is 0 Å². The van der Waals surface area contributed by atoms with Gasteiger partial charge >= 0.3 is 6.18 Å². The van der Waals surface area contributed by atoms with E-state index in [1.54, 1.807) is 13.8 Å². The zero-order chi connectivity index (χ0) is 13.2. The average Bonchev–Trinajstić information content (AvgIpc) is 2.19. The Morgan fingerprint density at radius 1 is 1.35 bits per heavy atom. The van der Waals surface area contributed by atoms with E-state index < -0.39 is 11.7 Å². The van der Waals surface area contributed by atoms with Crippen molar-refractivity contribution in [3.8, 4) is 0 Å². The van der Waals surface area contributed by atoms with E-state index in [1.165, 1.54) is 0 Å². The second-order valence-corrected chi connectivity index (χ2v) is 4.24. The second kappa shape index (κ2) is 4.96. The summed E-state index contributed by atoms with van der Waals surface area (Å²) in [5.41, 5.74) is -0.874. The quantitative estimate of drug-likeness (QED) is 0.862. The molecule has 0 radical (unpaired) electrons. The summed E-state index contributed by atoms with van der Waals surface area (Å²) in [6.07, 6.45) is -4.46. The van der Waals surface area contributed by atoms with Crippen LogP contribution < -0.4 is 5.32 Å². The fourth-order valence-corrected chi connectivity index (χ4v) is 1.24. The molecule has 1 aromatic carbocycles. The number of hydrogen-bond donors (Lipinski definition) is 1. The number of benzene rings is 1. The van der Waals surface area contributed by atoms with Gasteiger partial charge in [-0.25, -0.2) is 0 Å². The van der Waals surface area contributed by atoms with Gasteiger partial charge in [-0.2, -0.15) is 13.2 Å². The van der Waals surface area contributed by atoms with Crippen LogP contribution in [0.3, 0.4) is 0 Å². The molecule has 0 unspecified atom stereocenters. The van der Waals surface area contributed by atoms with Crippen molar-refractivity contribution >= 4 is 23.2 Å². The lowest BCUT2D eigenvalue weighted by Gasteiger charge is -2.12. The zero-order valence-corrected chi connectivity index (χ0v) is 9.99. The van der Waals surface area contributed by atoms with E-state index in [1.807, 2.05) is 0 Å². The molecule has 0 saturated carbocycles. The summed E-state index contributed by atoms with van der Waals surface area (Å²) in [5.74, 6) is -0.716. The van der Waals surface area contributed by atoms with Crippen molar-refractivity contribution in [2.24, 2.45) is 5.92 Å². The number of halogens is 4. The summed E-state index contributed by atoms with van der Waals surface area (Å²) < 4.78 is 37.3. The Balaban J connectivity index is 3.03. The molecule has 6 heteroatoms. The van der Waals surface area contributed by atoms with Crippen molar-refractivity contribution in [2.45, 2.75) is 20.0 Å². The SMILES string of the molecule is CC(C)C(=O)Nc1cc(C(F)(F)F)ccc1Cl. The molecule has 0 aliphatic rings. The predicted molar refractivity (Wildman–Crippen MR) is 59.9 cm³/mol. The number of alkyl halides is 3. The van der Waals surface area contributed by atoms with Crippen LogP contribution >= 0.6 is 11.6 Å². The van der Waals surface area contributed by atoms with Crippen molar-refractivity contribution in [2.75, 3.05) is 5.32 Å². The molecular formula is C11H11ClF3NO. The fraction of sp³-hybridized carbons (Fsp3) is 0.364. The van der Waals surface area contributed by atoms with Crippen molar-refractivity contribution < 1.29 is 18.0 Å². The molecule has 0 atom stereocenters. The smallest absolute Gasteiger partial charge is 0.325 e. The maximum absolute atomic E-state index is 12.4. The maximum Gasteiger partial charge on any atom is 0.416 e. The van der Waals surface area contributed by atoms with Crippen LogP contribution in [-0.2, 0) is 11.0 Å². The van der Waals surface area contributed by atoms with Gasteiger partial charge in [0.15, 0.2) is 0 Å². The summed E-state index contributed by atoms with van der Waals surface area (Å²) in [7, 11) is 0. The molecule has 0 fully saturated rings. The second-order valence-electron chi connectivity index (χ2n) is 3.84. The Bertz CT molecular complexity index is 429. The Kier molecular flexibility index (Phi) is 4.03. The molecule has 0 heterocycles. The Labute approximate surface area is 102 Å². The van der Waals surface area contributed by atoms with Crippen molar-refractivity contribution in [1.82, 2.24) is 0 Å². The third-order valence-electron chi connectivity index (χ3n) is 2.08. The summed E-state index contributed by atoms with van der Waals surface area (Å²) in [6, 6.07) is 2.80. The molecule has 1 aromatic rings. The Morgan fingerprint density at radius 2 is 1.94 bits per heavy atom. The van der Waals surface area contributed by atoms with E-state index in [0.29, 0.717) is 0 Å². The molecule has 94 valence electrons. The third kappa shape index (κ3) is 3.63. The molecule has 1 amide bonds. The first kappa shape index (κ1) is 13.8.